The number of aryl methyl sites for hydroxylation is 2. The van der Waals surface area contributed by atoms with Crippen LogP contribution in [0.3, 0.4) is 0 Å². The lowest BCUT2D eigenvalue weighted by Crippen LogP contribution is -2.10. The van der Waals surface area contributed by atoms with Crippen molar-refractivity contribution in [2.45, 2.75) is 26.8 Å². The summed E-state index contributed by atoms with van der Waals surface area (Å²) in [7, 11) is 0. The zero-order chi connectivity index (χ0) is 21.4. The van der Waals surface area contributed by atoms with E-state index in [-0.39, 0.29) is 6.04 Å². The lowest BCUT2D eigenvalue weighted by molar-refractivity contribution is 0.613. The van der Waals surface area contributed by atoms with Gasteiger partial charge in [-0.15, -0.1) is 5.10 Å². The Kier molecular flexibility index (Phi) is 4.66. The second-order valence-corrected chi connectivity index (χ2v) is 7.53. The molecule has 0 saturated carbocycles. The van der Waals surface area contributed by atoms with E-state index in [1.165, 1.54) is 0 Å². The Morgan fingerprint density at radius 2 is 1.94 bits per heavy atom. The van der Waals surface area contributed by atoms with Gasteiger partial charge in [-0.25, -0.2) is 14.6 Å². The van der Waals surface area contributed by atoms with Crippen LogP contribution in [0.5, 0.6) is 0 Å². The molecular weight excluding hydrogens is 390 g/mol. The van der Waals surface area contributed by atoms with Gasteiger partial charge in [0.1, 0.15) is 23.6 Å². The van der Waals surface area contributed by atoms with Crippen molar-refractivity contribution in [2.24, 2.45) is 0 Å². The number of benzene rings is 2. The Morgan fingerprint density at radius 1 is 1.03 bits per heavy atom. The van der Waals surface area contributed by atoms with Crippen LogP contribution in [-0.2, 0) is 0 Å². The normalized spacial score (nSPS) is 12.2. The van der Waals surface area contributed by atoms with Crippen LogP contribution < -0.4 is 5.32 Å². The van der Waals surface area contributed by atoms with Gasteiger partial charge < -0.3 is 9.73 Å². The Balaban J connectivity index is 1.44. The maximum atomic E-state index is 5.57. The molecule has 154 valence electrons. The maximum Gasteiger partial charge on any atom is 0.143 e. The largest absolute Gasteiger partial charge is 0.464 e. The molecular formula is C23H21N7O. The molecule has 0 amide bonds. The molecule has 31 heavy (non-hydrogen) atoms. The first-order valence-electron chi connectivity index (χ1n) is 10.0. The predicted molar refractivity (Wildman–Crippen MR) is 118 cm³/mol. The van der Waals surface area contributed by atoms with Crippen LogP contribution in [0.25, 0.3) is 27.9 Å². The number of fused-ring (bicyclic) bond motifs is 1. The summed E-state index contributed by atoms with van der Waals surface area (Å²) in [5, 5.41) is 16.0. The van der Waals surface area contributed by atoms with Crippen molar-refractivity contribution in [3.05, 3.63) is 78.1 Å². The van der Waals surface area contributed by atoms with Crippen LogP contribution in [0.4, 0.5) is 5.82 Å². The van der Waals surface area contributed by atoms with E-state index >= 15 is 0 Å². The first kappa shape index (κ1) is 18.9. The highest BCUT2D eigenvalue weighted by Crippen LogP contribution is 2.28. The van der Waals surface area contributed by atoms with E-state index in [9.17, 15) is 0 Å². The summed E-state index contributed by atoms with van der Waals surface area (Å²) in [6.45, 7) is 6.04. The predicted octanol–water partition coefficient (Wildman–Crippen LogP) is 4.66. The first-order chi connectivity index (χ1) is 15.1. The van der Waals surface area contributed by atoms with Crippen LogP contribution >= 0.6 is 0 Å². The first-order valence-corrected chi connectivity index (χ1v) is 10.0. The molecule has 1 atom stereocenters. The summed E-state index contributed by atoms with van der Waals surface area (Å²) in [6, 6.07) is 16.2. The molecule has 0 saturated heterocycles. The minimum atomic E-state index is 0.0252. The summed E-state index contributed by atoms with van der Waals surface area (Å²) >= 11 is 0. The Labute approximate surface area is 179 Å². The molecule has 8 nitrogen and oxygen atoms in total. The van der Waals surface area contributed by atoms with Crippen molar-refractivity contribution in [1.29, 1.82) is 0 Å². The molecule has 3 aromatic heterocycles. The number of anilines is 1. The fourth-order valence-electron chi connectivity index (χ4n) is 3.63. The van der Waals surface area contributed by atoms with Gasteiger partial charge in [-0.1, -0.05) is 12.1 Å². The molecule has 8 heteroatoms. The lowest BCUT2D eigenvalue weighted by atomic mass is 10.1. The third-order valence-electron chi connectivity index (χ3n) is 5.25. The van der Waals surface area contributed by atoms with E-state index in [4.69, 9.17) is 4.42 Å². The molecule has 5 rings (SSSR count). The summed E-state index contributed by atoms with van der Waals surface area (Å²) in [5.74, 6) is 1.48. The van der Waals surface area contributed by atoms with Gasteiger partial charge in [0.15, 0.2) is 0 Å². The molecule has 2 aromatic carbocycles. The van der Waals surface area contributed by atoms with Crippen molar-refractivity contribution >= 4 is 16.8 Å². The van der Waals surface area contributed by atoms with Crippen LogP contribution in [0.1, 0.15) is 29.9 Å². The number of tetrazole rings is 1. The third-order valence-corrected chi connectivity index (χ3v) is 5.25. The van der Waals surface area contributed by atoms with Crippen molar-refractivity contribution in [1.82, 2.24) is 30.2 Å². The van der Waals surface area contributed by atoms with Crippen molar-refractivity contribution in [2.75, 3.05) is 5.32 Å². The average Bonchev–Trinajstić information content (AvgIpc) is 3.44. The monoisotopic (exact) mass is 411 g/mol. The second-order valence-electron chi connectivity index (χ2n) is 7.53. The zero-order valence-electron chi connectivity index (χ0n) is 17.4. The van der Waals surface area contributed by atoms with Crippen molar-refractivity contribution < 1.29 is 4.42 Å². The molecule has 3 heterocycles. The molecule has 0 aliphatic carbocycles. The quantitative estimate of drug-likeness (QED) is 0.449. The standard InChI is InChI=1S/C23H21N7O/c1-14-12-31-22-8-7-18(10-20(14)22)21-11-23(27-16(3)26-21)25-15(2)17-5-4-6-19(9-17)30-13-24-28-29-30/h4-13,15H,1-3H3,(H,25,26,27)/t15-/m1/s1. The van der Waals surface area contributed by atoms with Crippen LogP contribution in [0.2, 0.25) is 0 Å². The third kappa shape index (κ3) is 3.75. The number of hydrogen-bond donors (Lipinski definition) is 1. The Bertz CT molecular complexity index is 1360. The molecule has 5 aromatic rings. The smallest absolute Gasteiger partial charge is 0.143 e. The number of furan rings is 1. The van der Waals surface area contributed by atoms with Gasteiger partial charge in [-0.3, -0.25) is 0 Å². The van der Waals surface area contributed by atoms with Gasteiger partial charge in [0, 0.05) is 17.0 Å². The molecule has 0 bridgehead atoms. The van der Waals surface area contributed by atoms with Gasteiger partial charge in [0.2, 0.25) is 0 Å². The number of aromatic nitrogens is 6. The van der Waals surface area contributed by atoms with E-state index < -0.39 is 0 Å². The highest BCUT2D eigenvalue weighted by molar-refractivity contribution is 5.85. The second kappa shape index (κ2) is 7.64. The van der Waals surface area contributed by atoms with E-state index in [0.29, 0.717) is 5.82 Å². The molecule has 0 aliphatic heterocycles. The zero-order valence-corrected chi connectivity index (χ0v) is 17.4. The average molecular weight is 411 g/mol. The Hall–Kier alpha value is -4.07. The van der Waals surface area contributed by atoms with E-state index in [0.717, 1.165) is 44.9 Å². The molecule has 0 fully saturated rings. The van der Waals surface area contributed by atoms with Crippen LogP contribution in [0, 0.1) is 13.8 Å². The minimum absolute atomic E-state index is 0.0252. The highest BCUT2D eigenvalue weighted by Gasteiger charge is 2.12. The van der Waals surface area contributed by atoms with E-state index in [1.807, 2.05) is 44.2 Å². The van der Waals surface area contributed by atoms with Crippen LogP contribution in [0.15, 0.2) is 65.5 Å². The number of hydrogen-bond acceptors (Lipinski definition) is 7. The van der Waals surface area contributed by atoms with Crippen LogP contribution in [-0.4, -0.2) is 30.2 Å². The number of nitrogens with zero attached hydrogens (tertiary/aromatic N) is 6. The summed E-state index contributed by atoms with van der Waals surface area (Å²) in [4.78, 5) is 9.23. The summed E-state index contributed by atoms with van der Waals surface area (Å²) in [5.41, 5.74) is 5.88. The summed E-state index contributed by atoms with van der Waals surface area (Å²) in [6.07, 6.45) is 3.35. The van der Waals surface area contributed by atoms with E-state index in [1.54, 1.807) is 17.3 Å². The number of nitrogens with one attached hydrogen (secondary N) is 1. The molecule has 0 radical (unpaired) electrons. The molecule has 0 aliphatic rings. The molecule has 1 N–H and O–H groups in total. The fourth-order valence-corrected chi connectivity index (χ4v) is 3.63. The summed E-state index contributed by atoms with van der Waals surface area (Å²) < 4.78 is 7.20. The van der Waals surface area contributed by atoms with Gasteiger partial charge in [-0.2, -0.15) is 0 Å². The topological polar surface area (TPSA) is 94.6 Å². The minimum Gasteiger partial charge on any atom is -0.464 e. The maximum absolute atomic E-state index is 5.57. The molecule has 0 unspecified atom stereocenters. The van der Waals surface area contributed by atoms with Crippen molar-refractivity contribution in [3.8, 4) is 16.9 Å². The molecule has 0 spiro atoms. The highest BCUT2D eigenvalue weighted by atomic mass is 16.3. The van der Waals surface area contributed by atoms with Gasteiger partial charge in [-0.05, 0) is 72.7 Å². The fraction of sp³-hybridized carbons (Fsp3) is 0.174. The van der Waals surface area contributed by atoms with Gasteiger partial charge >= 0.3 is 0 Å². The SMILES string of the molecule is Cc1nc(N[C@H](C)c2cccc(-n3cnnn3)c2)cc(-c2ccc3occ(C)c3c2)n1. The van der Waals surface area contributed by atoms with Crippen molar-refractivity contribution in [3.63, 3.8) is 0 Å². The van der Waals surface area contributed by atoms with Gasteiger partial charge in [0.05, 0.1) is 23.7 Å². The lowest BCUT2D eigenvalue weighted by Gasteiger charge is -2.17. The van der Waals surface area contributed by atoms with E-state index in [2.05, 4.69) is 55.9 Å². The Morgan fingerprint density at radius 3 is 2.77 bits per heavy atom. The number of rotatable bonds is 5. The van der Waals surface area contributed by atoms with Gasteiger partial charge in [0.25, 0.3) is 0 Å².